The summed E-state index contributed by atoms with van der Waals surface area (Å²) < 4.78 is 5.68. The summed E-state index contributed by atoms with van der Waals surface area (Å²) in [6, 6.07) is 1.95. The second-order valence-corrected chi connectivity index (χ2v) is 6.45. The fourth-order valence-electron chi connectivity index (χ4n) is 3.34. The SMILES string of the molecule is C[C@@H]1CN(C(=O)N[C@@H]2CCCN(c3ncccn3)C2)C[C@H](C)O1. The van der Waals surface area contributed by atoms with Crippen molar-refractivity contribution < 1.29 is 9.53 Å². The zero-order valence-corrected chi connectivity index (χ0v) is 13.8. The van der Waals surface area contributed by atoms with Crippen LogP contribution < -0.4 is 10.2 Å². The first-order valence-corrected chi connectivity index (χ1v) is 8.34. The number of nitrogens with zero attached hydrogens (tertiary/aromatic N) is 4. The van der Waals surface area contributed by atoms with Crippen LogP contribution in [0.3, 0.4) is 0 Å². The van der Waals surface area contributed by atoms with Crippen LogP contribution in [0.25, 0.3) is 0 Å². The molecule has 0 radical (unpaired) electrons. The van der Waals surface area contributed by atoms with Gasteiger partial charge in [-0.25, -0.2) is 14.8 Å². The molecule has 2 aliphatic rings. The minimum absolute atomic E-state index is 0.00725. The lowest BCUT2D eigenvalue weighted by atomic mass is 10.1. The average Bonchev–Trinajstić information content (AvgIpc) is 2.55. The Balaban J connectivity index is 1.56. The number of morpholine rings is 1. The van der Waals surface area contributed by atoms with E-state index in [1.807, 2.05) is 24.8 Å². The lowest BCUT2D eigenvalue weighted by molar-refractivity contribution is -0.0548. The van der Waals surface area contributed by atoms with Crippen molar-refractivity contribution in [1.29, 1.82) is 0 Å². The van der Waals surface area contributed by atoms with Crippen LogP contribution in [0, 0.1) is 0 Å². The van der Waals surface area contributed by atoms with Crippen molar-refractivity contribution in [2.24, 2.45) is 0 Å². The molecule has 0 aliphatic carbocycles. The molecule has 3 atom stereocenters. The molecular weight excluding hydrogens is 294 g/mol. The molecule has 3 rings (SSSR count). The lowest BCUT2D eigenvalue weighted by Crippen LogP contribution is -2.56. The second kappa shape index (κ2) is 7.12. The number of hydrogen-bond acceptors (Lipinski definition) is 5. The predicted molar refractivity (Wildman–Crippen MR) is 87.4 cm³/mol. The number of hydrogen-bond donors (Lipinski definition) is 1. The Morgan fingerprint density at radius 2 is 1.91 bits per heavy atom. The van der Waals surface area contributed by atoms with Crippen molar-refractivity contribution in [3.8, 4) is 0 Å². The molecule has 23 heavy (non-hydrogen) atoms. The van der Waals surface area contributed by atoms with Gasteiger partial charge in [0.15, 0.2) is 0 Å². The van der Waals surface area contributed by atoms with Gasteiger partial charge in [-0.15, -0.1) is 0 Å². The van der Waals surface area contributed by atoms with Crippen LogP contribution in [-0.4, -0.2) is 65.3 Å². The molecule has 3 heterocycles. The molecule has 2 amide bonds. The molecule has 2 aliphatic heterocycles. The maximum absolute atomic E-state index is 12.5. The van der Waals surface area contributed by atoms with Gasteiger partial charge in [-0.05, 0) is 32.8 Å². The van der Waals surface area contributed by atoms with E-state index in [9.17, 15) is 4.79 Å². The van der Waals surface area contributed by atoms with Crippen molar-refractivity contribution in [3.05, 3.63) is 18.5 Å². The van der Waals surface area contributed by atoms with E-state index >= 15 is 0 Å². The highest BCUT2D eigenvalue weighted by atomic mass is 16.5. The van der Waals surface area contributed by atoms with Gasteiger partial charge in [0.1, 0.15) is 0 Å². The van der Waals surface area contributed by atoms with Crippen LogP contribution in [-0.2, 0) is 4.74 Å². The molecule has 1 N–H and O–H groups in total. The van der Waals surface area contributed by atoms with Crippen LogP contribution in [0.15, 0.2) is 18.5 Å². The van der Waals surface area contributed by atoms with Crippen LogP contribution in [0.5, 0.6) is 0 Å². The molecule has 0 spiro atoms. The number of urea groups is 1. The molecule has 2 fully saturated rings. The molecular formula is C16H25N5O2. The smallest absolute Gasteiger partial charge is 0.317 e. The van der Waals surface area contributed by atoms with E-state index in [1.165, 1.54) is 0 Å². The lowest BCUT2D eigenvalue weighted by Gasteiger charge is -2.38. The normalized spacial score (nSPS) is 28.5. The van der Waals surface area contributed by atoms with E-state index in [2.05, 4.69) is 20.2 Å². The maximum Gasteiger partial charge on any atom is 0.317 e. The fourth-order valence-corrected chi connectivity index (χ4v) is 3.34. The van der Waals surface area contributed by atoms with Gasteiger partial charge in [0.25, 0.3) is 0 Å². The van der Waals surface area contributed by atoms with Crippen LogP contribution >= 0.6 is 0 Å². The molecule has 126 valence electrons. The molecule has 0 saturated carbocycles. The first kappa shape index (κ1) is 16.0. The van der Waals surface area contributed by atoms with Crippen LogP contribution in [0.4, 0.5) is 10.7 Å². The van der Waals surface area contributed by atoms with Crippen LogP contribution in [0.2, 0.25) is 0 Å². The van der Waals surface area contributed by atoms with Crippen molar-refractivity contribution >= 4 is 12.0 Å². The summed E-state index contributed by atoms with van der Waals surface area (Å²) >= 11 is 0. The minimum atomic E-state index is 0.00725. The Labute approximate surface area is 137 Å². The zero-order chi connectivity index (χ0) is 16.2. The van der Waals surface area contributed by atoms with E-state index in [-0.39, 0.29) is 24.3 Å². The fraction of sp³-hybridized carbons (Fsp3) is 0.688. The number of carbonyl (C=O) groups is 1. The van der Waals surface area contributed by atoms with Crippen molar-refractivity contribution in [1.82, 2.24) is 20.2 Å². The molecule has 7 heteroatoms. The van der Waals surface area contributed by atoms with Gasteiger partial charge in [-0.2, -0.15) is 0 Å². The number of nitrogens with one attached hydrogen (secondary N) is 1. The molecule has 1 aromatic heterocycles. The Morgan fingerprint density at radius 3 is 2.61 bits per heavy atom. The Kier molecular flexibility index (Phi) is 4.95. The van der Waals surface area contributed by atoms with E-state index in [1.54, 1.807) is 12.4 Å². The first-order valence-electron chi connectivity index (χ1n) is 8.34. The molecule has 0 aromatic carbocycles. The largest absolute Gasteiger partial charge is 0.372 e. The summed E-state index contributed by atoms with van der Waals surface area (Å²) in [6.07, 6.45) is 5.70. The van der Waals surface area contributed by atoms with Crippen LogP contribution in [0.1, 0.15) is 26.7 Å². The minimum Gasteiger partial charge on any atom is -0.372 e. The van der Waals surface area contributed by atoms with Gasteiger partial charge in [0.2, 0.25) is 5.95 Å². The van der Waals surface area contributed by atoms with Gasteiger partial charge in [-0.1, -0.05) is 0 Å². The summed E-state index contributed by atoms with van der Waals surface area (Å²) in [5.41, 5.74) is 0. The predicted octanol–water partition coefficient (Wildman–Crippen LogP) is 1.26. The zero-order valence-electron chi connectivity index (χ0n) is 13.8. The van der Waals surface area contributed by atoms with E-state index in [0.29, 0.717) is 13.1 Å². The molecule has 1 aromatic rings. The second-order valence-electron chi connectivity index (χ2n) is 6.45. The highest BCUT2D eigenvalue weighted by molar-refractivity contribution is 5.74. The van der Waals surface area contributed by atoms with Crippen molar-refractivity contribution in [2.45, 2.75) is 44.9 Å². The van der Waals surface area contributed by atoms with Crippen molar-refractivity contribution in [3.63, 3.8) is 0 Å². The summed E-state index contributed by atoms with van der Waals surface area (Å²) in [6.45, 7) is 6.99. The maximum atomic E-state index is 12.5. The number of piperidine rings is 1. The average molecular weight is 319 g/mol. The molecule has 0 unspecified atom stereocenters. The first-order chi connectivity index (χ1) is 11.1. The Hall–Kier alpha value is -1.89. The topological polar surface area (TPSA) is 70.6 Å². The van der Waals surface area contributed by atoms with Gasteiger partial charge >= 0.3 is 6.03 Å². The van der Waals surface area contributed by atoms with E-state index in [0.717, 1.165) is 31.9 Å². The molecule has 0 bridgehead atoms. The monoisotopic (exact) mass is 319 g/mol. The van der Waals surface area contributed by atoms with Gasteiger partial charge < -0.3 is 19.9 Å². The number of carbonyl (C=O) groups excluding carboxylic acids is 1. The number of anilines is 1. The third kappa shape index (κ3) is 4.10. The third-order valence-electron chi connectivity index (χ3n) is 4.29. The number of amides is 2. The highest BCUT2D eigenvalue weighted by Crippen LogP contribution is 2.16. The molecule has 2 saturated heterocycles. The van der Waals surface area contributed by atoms with E-state index in [4.69, 9.17) is 4.74 Å². The van der Waals surface area contributed by atoms with Gasteiger partial charge in [0.05, 0.1) is 12.2 Å². The quantitative estimate of drug-likeness (QED) is 0.889. The third-order valence-corrected chi connectivity index (χ3v) is 4.29. The number of aromatic nitrogens is 2. The standard InChI is InChI=1S/C16H25N5O2/c1-12-9-21(10-13(2)23-12)16(22)19-14-5-3-8-20(11-14)15-17-6-4-7-18-15/h4,6-7,12-14H,3,5,8-11H2,1-2H3,(H,19,22)/t12-,13+,14-/m1/s1. The number of ether oxygens (including phenoxy) is 1. The summed E-state index contributed by atoms with van der Waals surface area (Å²) in [4.78, 5) is 25.1. The Bertz CT molecular complexity index is 516. The summed E-state index contributed by atoms with van der Waals surface area (Å²) in [7, 11) is 0. The highest BCUT2D eigenvalue weighted by Gasteiger charge is 2.29. The molecule has 7 nitrogen and oxygen atoms in total. The van der Waals surface area contributed by atoms with Gasteiger partial charge in [0, 0.05) is 44.6 Å². The Morgan fingerprint density at radius 1 is 1.22 bits per heavy atom. The van der Waals surface area contributed by atoms with E-state index < -0.39 is 0 Å². The summed E-state index contributed by atoms with van der Waals surface area (Å²) in [5, 5.41) is 3.16. The summed E-state index contributed by atoms with van der Waals surface area (Å²) in [5.74, 6) is 0.736. The van der Waals surface area contributed by atoms with Crippen molar-refractivity contribution in [2.75, 3.05) is 31.1 Å². The number of rotatable bonds is 2. The van der Waals surface area contributed by atoms with Gasteiger partial charge in [-0.3, -0.25) is 0 Å².